The van der Waals surface area contributed by atoms with Gasteiger partial charge in [-0.3, -0.25) is 4.79 Å². The summed E-state index contributed by atoms with van der Waals surface area (Å²) in [4.78, 5) is 12.4. The number of hydrogen-bond donors (Lipinski definition) is 1. The van der Waals surface area contributed by atoms with Crippen molar-refractivity contribution in [3.63, 3.8) is 0 Å². The second-order valence-corrected chi connectivity index (χ2v) is 5.87. The molecular formula is C19H14ClF3N2O3. The Labute approximate surface area is 163 Å². The molecule has 0 spiro atoms. The Morgan fingerprint density at radius 1 is 1.14 bits per heavy atom. The number of methoxy groups -OCH3 is 2. The maximum absolute atomic E-state index is 12.8. The molecule has 1 amide bonds. The zero-order valence-corrected chi connectivity index (χ0v) is 15.5. The molecule has 0 aromatic heterocycles. The Kier molecular flexibility index (Phi) is 6.54. The van der Waals surface area contributed by atoms with Crippen molar-refractivity contribution in [3.05, 3.63) is 58.1 Å². The number of carbonyl (C=O) groups is 1. The molecule has 0 fully saturated rings. The zero-order valence-electron chi connectivity index (χ0n) is 14.7. The van der Waals surface area contributed by atoms with Crippen LogP contribution in [0.1, 0.15) is 11.1 Å². The van der Waals surface area contributed by atoms with E-state index in [1.54, 1.807) is 24.3 Å². The third kappa shape index (κ3) is 5.18. The van der Waals surface area contributed by atoms with Gasteiger partial charge in [0.15, 0.2) is 0 Å². The van der Waals surface area contributed by atoms with Gasteiger partial charge in [-0.1, -0.05) is 11.6 Å². The average molecular weight is 411 g/mol. The second-order valence-electron chi connectivity index (χ2n) is 5.46. The molecule has 28 heavy (non-hydrogen) atoms. The molecule has 0 aliphatic heterocycles. The van der Waals surface area contributed by atoms with E-state index in [0.717, 1.165) is 12.1 Å². The summed E-state index contributed by atoms with van der Waals surface area (Å²) >= 11 is 5.86. The fourth-order valence-electron chi connectivity index (χ4n) is 2.22. The summed E-state index contributed by atoms with van der Waals surface area (Å²) in [5.41, 5.74) is -1.15. The molecule has 2 aromatic carbocycles. The van der Waals surface area contributed by atoms with Crippen LogP contribution >= 0.6 is 11.6 Å². The molecule has 2 aromatic rings. The summed E-state index contributed by atoms with van der Waals surface area (Å²) in [5.74, 6) is -0.0426. The van der Waals surface area contributed by atoms with Gasteiger partial charge in [-0.25, -0.2) is 0 Å². The Bertz CT molecular complexity index is 944. The summed E-state index contributed by atoms with van der Waals surface area (Å²) in [6, 6.07) is 8.94. The largest absolute Gasteiger partial charge is 0.497 e. The number of carbonyl (C=O) groups excluding carboxylic acids is 1. The van der Waals surface area contributed by atoms with Crippen molar-refractivity contribution in [2.75, 3.05) is 19.5 Å². The number of nitrogens with one attached hydrogen (secondary N) is 1. The van der Waals surface area contributed by atoms with Gasteiger partial charge < -0.3 is 14.8 Å². The lowest BCUT2D eigenvalue weighted by molar-refractivity contribution is -0.137. The molecule has 0 bridgehead atoms. The van der Waals surface area contributed by atoms with Crippen LogP contribution in [0.15, 0.2) is 42.0 Å². The molecule has 0 heterocycles. The van der Waals surface area contributed by atoms with E-state index >= 15 is 0 Å². The Balaban J connectivity index is 2.35. The molecular weight excluding hydrogens is 397 g/mol. The van der Waals surface area contributed by atoms with Crippen LogP contribution in [0.25, 0.3) is 6.08 Å². The SMILES string of the molecule is COc1cc(/C=C(\C#N)C(=O)Nc2cc(C(F)(F)F)ccc2Cl)cc(OC)c1. The summed E-state index contributed by atoms with van der Waals surface area (Å²) < 4.78 is 48.8. The lowest BCUT2D eigenvalue weighted by atomic mass is 10.1. The third-order valence-corrected chi connectivity index (χ3v) is 3.92. The molecule has 0 unspecified atom stereocenters. The smallest absolute Gasteiger partial charge is 0.416 e. The minimum absolute atomic E-state index is 0.0957. The summed E-state index contributed by atoms with van der Waals surface area (Å²) in [7, 11) is 2.88. The maximum atomic E-state index is 12.8. The molecule has 146 valence electrons. The molecule has 0 radical (unpaired) electrons. The van der Waals surface area contributed by atoms with Gasteiger partial charge >= 0.3 is 6.18 Å². The van der Waals surface area contributed by atoms with Gasteiger partial charge in [-0.2, -0.15) is 18.4 Å². The molecule has 5 nitrogen and oxygen atoms in total. The number of alkyl halides is 3. The lowest BCUT2D eigenvalue weighted by Gasteiger charge is -2.11. The highest BCUT2D eigenvalue weighted by Gasteiger charge is 2.31. The van der Waals surface area contributed by atoms with Crippen molar-refractivity contribution in [1.82, 2.24) is 0 Å². The second kappa shape index (κ2) is 8.67. The van der Waals surface area contributed by atoms with E-state index in [1.807, 2.05) is 0 Å². The van der Waals surface area contributed by atoms with Crippen LogP contribution in [0.2, 0.25) is 5.02 Å². The molecule has 0 saturated heterocycles. The highest BCUT2D eigenvalue weighted by Crippen LogP contribution is 2.34. The Morgan fingerprint density at radius 3 is 2.25 bits per heavy atom. The number of ether oxygens (including phenoxy) is 2. The topological polar surface area (TPSA) is 71.3 Å². The van der Waals surface area contributed by atoms with Crippen LogP contribution in [-0.4, -0.2) is 20.1 Å². The van der Waals surface area contributed by atoms with Gasteiger partial charge in [-0.05, 0) is 42.0 Å². The molecule has 1 N–H and O–H groups in total. The van der Waals surface area contributed by atoms with Gasteiger partial charge in [0, 0.05) is 6.07 Å². The number of anilines is 1. The number of nitriles is 1. The minimum Gasteiger partial charge on any atom is -0.497 e. The number of benzene rings is 2. The Hall–Kier alpha value is -3.18. The van der Waals surface area contributed by atoms with Crippen molar-refractivity contribution >= 4 is 29.3 Å². The van der Waals surface area contributed by atoms with Crippen molar-refractivity contribution in [1.29, 1.82) is 5.26 Å². The molecule has 9 heteroatoms. The molecule has 0 atom stereocenters. The monoisotopic (exact) mass is 410 g/mol. The van der Waals surface area contributed by atoms with Gasteiger partial charge in [0.05, 0.1) is 30.5 Å². The predicted octanol–water partition coefficient (Wildman–Crippen LogP) is 4.92. The normalized spacial score (nSPS) is 11.5. The van der Waals surface area contributed by atoms with E-state index in [2.05, 4.69) is 5.32 Å². The first-order chi connectivity index (χ1) is 13.2. The first-order valence-corrected chi connectivity index (χ1v) is 8.08. The van der Waals surface area contributed by atoms with E-state index in [1.165, 1.54) is 20.3 Å². The standard InChI is InChI=1S/C19H14ClF3N2O3/c1-27-14-6-11(7-15(9-14)28-2)5-12(10-24)18(26)25-17-8-13(19(21,22)23)3-4-16(17)20/h3-9H,1-2H3,(H,25,26)/b12-5+. The number of amides is 1. The van der Waals surface area contributed by atoms with E-state index in [4.69, 9.17) is 21.1 Å². The summed E-state index contributed by atoms with van der Waals surface area (Å²) in [6.07, 6.45) is -3.35. The summed E-state index contributed by atoms with van der Waals surface area (Å²) in [6.45, 7) is 0. The first-order valence-electron chi connectivity index (χ1n) is 7.71. The van der Waals surface area contributed by atoms with Crippen molar-refractivity contribution in [3.8, 4) is 17.6 Å². The highest BCUT2D eigenvalue weighted by atomic mass is 35.5. The van der Waals surface area contributed by atoms with Crippen molar-refractivity contribution in [2.24, 2.45) is 0 Å². The van der Waals surface area contributed by atoms with Gasteiger partial charge in [-0.15, -0.1) is 0 Å². The fraction of sp³-hybridized carbons (Fsp3) is 0.158. The Morgan fingerprint density at radius 2 is 1.75 bits per heavy atom. The molecule has 2 rings (SSSR count). The molecule has 0 aliphatic carbocycles. The highest BCUT2D eigenvalue weighted by molar-refractivity contribution is 6.34. The van der Waals surface area contributed by atoms with Crippen LogP contribution in [-0.2, 0) is 11.0 Å². The van der Waals surface area contributed by atoms with Crippen molar-refractivity contribution in [2.45, 2.75) is 6.18 Å². The van der Waals surface area contributed by atoms with E-state index in [0.29, 0.717) is 23.1 Å². The fourth-order valence-corrected chi connectivity index (χ4v) is 2.38. The number of rotatable bonds is 5. The average Bonchev–Trinajstić information content (AvgIpc) is 2.66. The van der Waals surface area contributed by atoms with Crippen molar-refractivity contribution < 1.29 is 27.4 Å². The quantitative estimate of drug-likeness (QED) is 0.561. The van der Waals surface area contributed by atoms with Gasteiger partial charge in [0.1, 0.15) is 23.1 Å². The minimum atomic E-state index is -4.60. The zero-order chi connectivity index (χ0) is 20.9. The lowest BCUT2D eigenvalue weighted by Crippen LogP contribution is -2.15. The van der Waals surface area contributed by atoms with E-state index in [9.17, 15) is 23.2 Å². The van der Waals surface area contributed by atoms with Crippen LogP contribution in [0.5, 0.6) is 11.5 Å². The van der Waals surface area contributed by atoms with Crippen LogP contribution in [0, 0.1) is 11.3 Å². The first kappa shape index (κ1) is 21.1. The third-order valence-electron chi connectivity index (χ3n) is 3.59. The van der Waals surface area contributed by atoms with Gasteiger partial charge in [0.25, 0.3) is 5.91 Å². The number of nitrogens with zero attached hydrogens (tertiary/aromatic N) is 1. The van der Waals surface area contributed by atoms with E-state index in [-0.39, 0.29) is 16.3 Å². The summed E-state index contributed by atoms with van der Waals surface area (Å²) in [5, 5.41) is 11.4. The van der Waals surface area contributed by atoms with Crippen LogP contribution in [0.3, 0.4) is 0 Å². The molecule has 0 aliphatic rings. The number of hydrogen-bond acceptors (Lipinski definition) is 4. The number of halogens is 4. The van der Waals surface area contributed by atoms with Crippen LogP contribution in [0.4, 0.5) is 18.9 Å². The van der Waals surface area contributed by atoms with Crippen LogP contribution < -0.4 is 14.8 Å². The maximum Gasteiger partial charge on any atom is 0.416 e. The van der Waals surface area contributed by atoms with E-state index < -0.39 is 17.6 Å². The predicted molar refractivity (Wildman–Crippen MR) is 98.2 cm³/mol. The molecule has 0 saturated carbocycles. The van der Waals surface area contributed by atoms with Gasteiger partial charge in [0.2, 0.25) is 0 Å².